The second kappa shape index (κ2) is 7.26. The first-order valence-corrected chi connectivity index (χ1v) is 10.0. The lowest BCUT2D eigenvalue weighted by atomic mass is 9.87. The SMILES string of the molecule is Brc1ccc2c(c1)COc1nc(CC3CCCCCCC3)ccc1-2. The molecule has 2 nitrogen and oxygen atoms in total. The first kappa shape index (κ1) is 16.1. The molecule has 0 unspecified atom stereocenters. The van der Waals surface area contributed by atoms with Gasteiger partial charge in [0.05, 0.1) is 0 Å². The standard InChI is InChI=1S/C21H24BrNO/c22-17-8-10-19-16(13-17)14-24-21-20(19)11-9-18(23-21)12-15-6-4-2-1-3-5-7-15/h8-11,13,15H,1-7,12,14H2. The summed E-state index contributed by atoms with van der Waals surface area (Å²) < 4.78 is 7.05. The van der Waals surface area contributed by atoms with Crippen LogP contribution in [0, 0.1) is 5.92 Å². The minimum Gasteiger partial charge on any atom is -0.472 e. The van der Waals surface area contributed by atoms with Crippen molar-refractivity contribution in [3.8, 4) is 17.0 Å². The fourth-order valence-corrected chi connectivity index (χ4v) is 4.45. The highest BCUT2D eigenvalue weighted by molar-refractivity contribution is 9.10. The highest BCUT2D eigenvalue weighted by atomic mass is 79.9. The summed E-state index contributed by atoms with van der Waals surface area (Å²) in [6.45, 7) is 0.613. The van der Waals surface area contributed by atoms with Crippen LogP contribution in [0.3, 0.4) is 0 Å². The summed E-state index contributed by atoms with van der Waals surface area (Å²) in [5.41, 5.74) is 4.81. The number of pyridine rings is 1. The lowest BCUT2D eigenvalue weighted by Crippen LogP contribution is -2.11. The molecule has 0 saturated heterocycles. The van der Waals surface area contributed by atoms with E-state index in [0.29, 0.717) is 6.61 Å². The van der Waals surface area contributed by atoms with Crippen LogP contribution in [0.1, 0.15) is 56.2 Å². The fourth-order valence-electron chi connectivity index (χ4n) is 4.04. The lowest BCUT2D eigenvalue weighted by molar-refractivity contribution is 0.288. The largest absolute Gasteiger partial charge is 0.472 e. The van der Waals surface area contributed by atoms with Crippen molar-refractivity contribution in [2.75, 3.05) is 0 Å². The third-order valence-corrected chi connectivity index (χ3v) is 5.86. The molecule has 1 aliphatic heterocycles. The van der Waals surface area contributed by atoms with E-state index in [9.17, 15) is 0 Å². The molecule has 4 rings (SSSR count). The number of halogens is 1. The third-order valence-electron chi connectivity index (χ3n) is 5.36. The number of hydrogen-bond donors (Lipinski definition) is 0. The summed E-state index contributed by atoms with van der Waals surface area (Å²) >= 11 is 3.54. The normalized spacial score (nSPS) is 18.0. The van der Waals surface area contributed by atoms with E-state index in [1.54, 1.807) is 0 Å². The Bertz CT molecular complexity index is 720. The fraction of sp³-hybridized carbons (Fsp3) is 0.476. The molecule has 0 radical (unpaired) electrons. The zero-order chi connectivity index (χ0) is 16.4. The second-order valence-corrected chi connectivity index (χ2v) is 8.08. The quantitative estimate of drug-likeness (QED) is 0.604. The zero-order valence-corrected chi connectivity index (χ0v) is 15.6. The van der Waals surface area contributed by atoms with Gasteiger partial charge < -0.3 is 4.74 Å². The van der Waals surface area contributed by atoms with Crippen LogP contribution in [-0.2, 0) is 13.0 Å². The van der Waals surface area contributed by atoms with Gasteiger partial charge in [0, 0.05) is 15.7 Å². The number of hydrogen-bond acceptors (Lipinski definition) is 2. The van der Waals surface area contributed by atoms with Gasteiger partial charge in [-0.25, -0.2) is 4.98 Å². The van der Waals surface area contributed by atoms with E-state index in [2.05, 4.69) is 46.3 Å². The van der Waals surface area contributed by atoms with Crippen LogP contribution in [0.25, 0.3) is 11.1 Å². The molecule has 2 heterocycles. The molecule has 0 bridgehead atoms. The zero-order valence-electron chi connectivity index (χ0n) is 14.1. The molecule has 1 aromatic heterocycles. The van der Waals surface area contributed by atoms with Crippen LogP contribution in [0.5, 0.6) is 5.88 Å². The van der Waals surface area contributed by atoms with E-state index in [-0.39, 0.29) is 0 Å². The van der Waals surface area contributed by atoms with Crippen molar-refractivity contribution in [3.05, 3.63) is 46.1 Å². The van der Waals surface area contributed by atoms with Gasteiger partial charge in [-0.3, -0.25) is 0 Å². The van der Waals surface area contributed by atoms with Gasteiger partial charge in [0.15, 0.2) is 0 Å². The summed E-state index contributed by atoms with van der Waals surface area (Å²) in [5, 5.41) is 0. The molecule has 0 N–H and O–H groups in total. The Kier molecular flexibility index (Phi) is 4.88. The molecule has 2 aromatic rings. The highest BCUT2D eigenvalue weighted by Gasteiger charge is 2.20. The van der Waals surface area contributed by atoms with Crippen LogP contribution < -0.4 is 4.74 Å². The maximum atomic E-state index is 5.95. The predicted octanol–water partition coefficient (Wildman–Crippen LogP) is 6.31. The van der Waals surface area contributed by atoms with E-state index < -0.39 is 0 Å². The third kappa shape index (κ3) is 3.51. The molecule has 24 heavy (non-hydrogen) atoms. The van der Waals surface area contributed by atoms with Crippen molar-refractivity contribution in [2.45, 2.75) is 58.0 Å². The Morgan fingerprint density at radius 2 is 1.71 bits per heavy atom. The Morgan fingerprint density at radius 3 is 2.54 bits per heavy atom. The Labute approximate surface area is 152 Å². The smallest absolute Gasteiger partial charge is 0.221 e. The maximum Gasteiger partial charge on any atom is 0.221 e. The molecule has 0 amide bonds. The molecule has 1 aliphatic carbocycles. The minimum atomic E-state index is 0.613. The number of nitrogens with zero attached hydrogens (tertiary/aromatic N) is 1. The van der Waals surface area contributed by atoms with Crippen LogP contribution in [0.4, 0.5) is 0 Å². The van der Waals surface area contributed by atoms with E-state index in [4.69, 9.17) is 9.72 Å². The van der Waals surface area contributed by atoms with Crippen LogP contribution in [0.15, 0.2) is 34.8 Å². The molecule has 126 valence electrons. The van der Waals surface area contributed by atoms with E-state index in [1.807, 2.05) is 0 Å². The van der Waals surface area contributed by atoms with Gasteiger partial charge in [-0.2, -0.15) is 0 Å². The average Bonchev–Trinajstić information content (AvgIpc) is 2.56. The molecule has 2 aliphatic rings. The monoisotopic (exact) mass is 385 g/mol. The van der Waals surface area contributed by atoms with Gasteiger partial charge in [0.25, 0.3) is 0 Å². The first-order chi connectivity index (χ1) is 11.8. The van der Waals surface area contributed by atoms with Crippen LogP contribution in [0.2, 0.25) is 0 Å². The van der Waals surface area contributed by atoms with Gasteiger partial charge in [-0.05, 0) is 47.7 Å². The summed E-state index contributed by atoms with van der Waals surface area (Å²) in [6, 6.07) is 10.8. The molecule has 1 saturated carbocycles. The molecule has 1 aromatic carbocycles. The Hall–Kier alpha value is -1.35. The minimum absolute atomic E-state index is 0.613. The molecule has 0 atom stereocenters. The number of benzene rings is 1. The van der Waals surface area contributed by atoms with Crippen molar-refractivity contribution in [3.63, 3.8) is 0 Å². The number of ether oxygens (including phenoxy) is 1. The van der Waals surface area contributed by atoms with Gasteiger partial charge in [-0.1, -0.05) is 66.9 Å². The van der Waals surface area contributed by atoms with Crippen molar-refractivity contribution < 1.29 is 4.74 Å². The van der Waals surface area contributed by atoms with Crippen molar-refractivity contribution >= 4 is 15.9 Å². The van der Waals surface area contributed by atoms with Gasteiger partial charge in [0.2, 0.25) is 5.88 Å². The average molecular weight is 386 g/mol. The Morgan fingerprint density at radius 1 is 0.958 bits per heavy atom. The van der Waals surface area contributed by atoms with Gasteiger partial charge >= 0.3 is 0 Å². The number of fused-ring (bicyclic) bond motifs is 3. The number of aromatic nitrogens is 1. The molecular weight excluding hydrogens is 362 g/mol. The summed E-state index contributed by atoms with van der Waals surface area (Å²) in [6.07, 6.45) is 10.8. The molecule has 1 fully saturated rings. The summed E-state index contributed by atoms with van der Waals surface area (Å²) in [4.78, 5) is 4.85. The lowest BCUT2D eigenvalue weighted by Gasteiger charge is -2.22. The van der Waals surface area contributed by atoms with Crippen molar-refractivity contribution in [1.29, 1.82) is 0 Å². The molecule has 0 spiro atoms. The van der Waals surface area contributed by atoms with Crippen molar-refractivity contribution in [2.24, 2.45) is 5.92 Å². The first-order valence-electron chi connectivity index (χ1n) is 9.21. The van der Waals surface area contributed by atoms with E-state index in [0.717, 1.165) is 28.3 Å². The van der Waals surface area contributed by atoms with Gasteiger partial charge in [0.1, 0.15) is 6.61 Å². The van der Waals surface area contributed by atoms with E-state index in [1.165, 1.54) is 61.8 Å². The Balaban J connectivity index is 1.54. The maximum absolute atomic E-state index is 5.95. The van der Waals surface area contributed by atoms with Crippen LogP contribution in [-0.4, -0.2) is 4.98 Å². The molecule has 3 heteroatoms. The highest BCUT2D eigenvalue weighted by Crippen LogP contribution is 2.38. The van der Waals surface area contributed by atoms with E-state index >= 15 is 0 Å². The number of rotatable bonds is 2. The molecular formula is C21H24BrNO. The second-order valence-electron chi connectivity index (χ2n) is 7.16. The van der Waals surface area contributed by atoms with Crippen LogP contribution >= 0.6 is 15.9 Å². The topological polar surface area (TPSA) is 22.1 Å². The summed E-state index contributed by atoms with van der Waals surface area (Å²) in [5.74, 6) is 1.61. The predicted molar refractivity (Wildman–Crippen MR) is 101 cm³/mol. The van der Waals surface area contributed by atoms with Crippen molar-refractivity contribution in [1.82, 2.24) is 4.98 Å². The summed E-state index contributed by atoms with van der Waals surface area (Å²) in [7, 11) is 0. The van der Waals surface area contributed by atoms with Gasteiger partial charge in [-0.15, -0.1) is 0 Å².